The van der Waals surface area contributed by atoms with E-state index in [1.54, 1.807) is 19.2 Å². The maximum Gasteiger partial charge on any atom is 0.509 e. The lowest BCUT2D eigenvalue weighted by Gasteiger charge is -2.15. The summed E-state index contributed by atoms with van der Waals surface area (Å²) in [4.78, 5) is 0. The molecule has 2 aromatic rings. The zero-order valence-electron chi connectivity index (χ0n) is 10.9. The molecule has 0 saturated heterocycles. The highest BCUT2D eigenvalue weighted by Crippen LogP contribution is 2.16. The van der Waals surface area contributed by atoms with Gasteiger partial charge in [0.2, 0.25) is 0 Å². The molecule has 0 heterocycles. The van der Waals surface area contributed by atoms with E-state index in [0.29, 0.717) is 12.4 Å². The molecule has 0 N–H and O–H groups in total. The van der Waals surface area contributed by atoms with Gasteiger partial charge in [-0.2, -0.15) is 0 Å². The Hall–Kier alpha value is -2.11. The molecule has 0 amide bonds. The van der Waals surface area contributed by atoms with Crippen LogP contribution in [-0.4, -0.2) is 14.1 Å². The van der Waals surface area contributed by atoms with Crippen molar-refractivity contribution >= 4 is 12.4 Å². The van der Waals surface area contributed by atoms with Crippen LogP contribution in [0.3, 0.4) is 0 Å². The molecule has 0 atom stereocenters. The Morgan fingerprint density at radius 2 is 1.40 bits per heavy atom. The van der Waals surface area contributed by atoms with Crippen LogP contribution in [-0.2, 0) is 6.61 Å². The molecule has 20 heavy (non-hydrogen) atoms. The van der Waals surface area contributed by atoms with Crippen LogP contribution in [0.2, 0.25) is 0 Å². The molecule has 2 rings (SSSR count). The zero-order chi connectivity index (χ0) is 14.6. The first kappa shape index (κ1) is 14.3. The minimum Gasteiger partial charge on any atom is -0.497 e. The molecule has 0 aromatic heterocycles. The van der Waals surface area contributed by atoms with E-state index >= 15 is 0 Å². The van der Waals surface area contributed by atoms with E-state index in [1.165, 1.54) is 12.1 Å². The van der Waals surface area contributed by atoms with Crippen LogP contribution in [0.5, 0.6) is 11.5 Å². The van der Waals surface area contributed by atoms with E-state index in [9.17, 15) is 12.9 Å². The molecule has 0 radical (unpaired) electrons. The monoisotopic (exact) mass is 281 g/mol. The van der Waals surface area contributed by atoms with Crippen LogP contribution in [0.25, 0.3) is 0 Å². The molecule has 0 aliphatic rings. The summed E-state index contributed by atoms with van der Waals surface area (Å²) in [6.07, 6.45) is 0. The van der Waals surface area contributed by atoms with Crippen LogP contribution in [0.15, 0.2) is 48.5 Å². The van der Waals surface area contributed by atoms with Crippen LogP contribution < -0.4 is 14.9 Å². The van der Waals surface area contributed by atoms with Crippen molar-refractivity contribution in [2.75, 3.05) is 7.11 Å². The maximum atomic E-state index is 12.5. The molecule has 0 aliphatic carbocycles. The third-order valence-electron chi connectivity index (χ3n) is 2.82. The zero-order valence-corrected chi connectivity index (χ0v) is 10.9. The normalized spacial score (nSPS) is 11.2. The molecule has 0 aliphatic heterocycles. The topological polar surface area (TPSA) is 18.5 Å². The van der Waals surface area contributed by atoms with Crippen molar-refractivity contribution in [3.05, 3.63) is 54.1 Å². The third-order valence-corrected chi connectivity index (χ3v) is 2.82. The molecule has 6 heteroatoms. The van der Waals surface area contributed by atoms with Crippen LogP contribution in [0.4, 0.5) is 12.9 Å². The third kappa shape index (κ3) is 3.69. The number of hydrogen-bond acceptors (Lipinski definition) is 2. The molecule has 0 saturated carbocycles. The summed E-state index contributed by atoms with van der Waals surface area (Å²) in [6, 6.07) is 12.0. The SMILES string of the molecule is COc1ccc(COc2ccc([B-](F)(F)F)cc2)cc1. The minimum atomic E-state index is -4.95. The summed E-state index contributed by atoms with van der Waals surface area (Å²) in [5, 5.41) is 0. The highest BCUT2D eigenvalue weighted by molar-refractivity contribution is 6.73. The lowest BCUT2D eigenvalue weighted by molar-refractivity contribution is 0.306. The summed E-state index contributed by atoms with van der Waals surface area (Å²) in [6.45, 7) is -4.66. The van der Waals surface area contributed by atoms with Crippen molar-refractivity contribution in [2.45, 2.75) is 6.61 Å². The first-order valence-electron chi connectivity index (χ1n) is 6.04. The molecular weight excluding hydrogens is 268 g/mol. The van der Waals surface area contributed by atoms with Gasteiger partial charge < -0.3 is 22.4 Å². The molecule has 106 valence electrons. The first-order chi connectivity index (χ1) is 9.49. The summed E-state index contributed by atoms with van der Waals surface area (Å²) in [5.41, 5.74) is 0.289. The second kappa shape index (κ2) is 5.90. The van der Waals surface area contributed by atoms with Gasteiger partial charge in [0.25, 0.3) is 0 Å². The first-order valence-corrected chi connectivity index (χ1v) is 6.04. The lowest BCUT2D eigenvalue weighted by Crippen LogP contribution is -2.33. The highest BCUT2D eigenvalue weighted by atomic mass is 19.4. The minimum absolute atomic E-state index is 0.292. The van der Waals surface area contributed by atoms with Gasteiger partial charge in [0.15, 0.2) is 0 Å². The lowest BCUT2D eigenvalue weighted by atomic mass is 9.80. The number of methoxy groups -OCH3 is 1. The van der Waals surface area contributed by atoms with Gasteiger partial charge in [0.05, 0.1) is 7.11 Å². The Bertz CT molecular complexity index is 550. The van der Waals surface area contributed by atoms with Crippen molar-refractivity contribution in [3.63, 3.8) is 0 Å². The number of halogens is 3. The molecule has 0 unspecified atom stereocenters. The predicted octanol–water partition coefficient (Wildman–Crippen LogP) is 3.33. The van der Waals surface area contributed by atoms with E-state index in [4.69, 9.17) is 9.47 Å². The van der Waals surface area contributed by atoms with Crippen LogP contribution in [0, 0.1) is 0 Å². The molecular formula is C14H13BF3O2-. The fourth-order valence-electron chi connectivity index (χ4n) is 1.67. The molecule has 2 aromatic carbocycles. The molecule has 0 spiro atoms. The van der Waals surface area contributed by atoms with E-state index in [1.807, 2.05) is 12.1 Å². The Kier molecular flexibility index (Phi) is 4.22. The van der Waals surface area contributed by atoms with E-state index < -0.39 is 12.4 Å². The Labute approximate surface area is 115 Å². The summed E-state index contributed by atoms with van der Waals surface area (Å²) >= 11 is 0. The number of rotatable bonds is 5. The van der Waals surface area contributed by atoms with Gasteiger partial charge in [-0.15, -0.1) is 5.46 Å². The van der Waals surface area contributed by atoms with Gasteiger partial charge >= 0.3 is 6.98 Å². The van der Waals surface area contributed by atoms with Gasteiger partial charge in [-0.25, -0.2) is 0 Å². The van der Waals surface area contributed by atoms with Gasteiger partial charge in [-0.1, -0.05) is 24.3 Å². The van der Waals surface area contributed by atoms with Crippen molar-refractivity contribution in [1.29, 1.82) is 0 Å². The van der Waals surface area contributed by atoms with Gasteiger partial charge in [0.1, 0.15) is 18.1 Å². The average molecular weight is 281 g/mol. The summed E-state index contributed by atoms with van der Waals surface area (Å²) < 4.78 is 47.8. The molecule has 0 fully saturated rings. The number of ether oxygens (including phenoxy) is 2. The number of benzene rings is 2. The average Bonchev–Trinajstić information content (AvgIpc) is 2.45. The van der Waals surface area contributed by atoms with Gasteiger partial charge in [-0.05, 0) is 29.8 Å². The number of hydrogen-bond donors (Lipinski definition) is 0. The van der Waals surface area contributed by atoms with E-state index in [2.05, 4.69) is 0 Å². The van der Waals surface area contributed by atoms with Crippen LogP contribution >= 0.6 is 0 Å². The second-order valence-electron chi connectivity index (χ2n) is 4.28. The quantitative estimate of drug-likeness (QED) is 0.783. The second-order valence-corrected chi connectivity index (χ2v) is 4.28. The van der Waals surface area contributed by atoms with E-state index in [-0.39, 0.29) is 0 Å². The predicted molar refractivity (Wildman–Crippen MR) is 72.5 cm³/mol. The maximum absolute atomic E-state index is 12.5. The fourth-order valence-corrected chi connectivity index (χ4v) is 1.67. The Morgan fingerprint density at radius 1 is 0.850 bits per heavy atom. The Morgan fingerprint density at radius 3 is 1.90 bits per heavy atom. The van der Waals surface area contributed by atoms with Crippen molar-refractivity contribution in [1.82, 2.24) is 0 Å². The van der Waals surface area contributed by atoms with Gasteiger partial charge in [-0.3, -0.25) is 0 Å². The van der Waals surface area contributed by atoms with Crippen molar-refractivity contribution in [2.24, 2.45) is 0 Å². The molecule has 0 bridgehead atoms. The van der Waals surface area contributed by atoms with Crippen LogP contribution in [0.1, 0.15) is 5.56 Å². The Balaban J connectivity index is 1.96. The fraction of sp³-hybridized carbons (Fsp3) is 0.143. The van der Waals surface area contributed by atoms with E-state index in [0.717, 1.165) is 23.4 Å². The summed E-state index contributed by atoms with van der Waals surface area (Å²) in [7, 11) is 1.58. The standard InChI is InChI=1S/C14H13BF3O2/c1-19-13-6-2-11(3-7-13)10-20-14-8-4-12(5-9-14)15(16,17)18/h2-9H,10H2,1H3/q-1. The molecule has 2 nitrogen and oxygen atoms in total. The van der Waals surface area contributed by atoms with Crippen molar-refractivity contribution < 1.29 is 22.4 Å². The van der Waals surface area contributed by atoms with Gasteiger partial charge in [0, 0.05) is 0 Å². The summed E-state index contributed by atoms with van der Waals surface area (Å²) in [5.74, 6) is 1.15. The van der Waals surface area contributed by atoms with Crippen molar-refractivity contribution in [3.8, 4) is 11.5 Å². The smallest absolute Gasteiger partial charge is 0.497 e. The largest absolute Gasteiger partial charge is 0.509 e. The highest BCUT2D eigenvalue weighted by Gasteiger charge is 2.24.